The van der Waals surface area contributed by atoms with Gasteiger partial charge in [0.25, 0.3) is 0 Å². The molecule has 0 amide bonds. The number of ether oxygens (including phenoxy) is 5. The summed E-state index contributed by atoms with van der Waals surface area (Å²) in [5.41, 5.74) is 0. The number of carbonyl (C=O) groups is 2. The predicted molar refractivity (Wildman–Crippen MR) is 77.1 cm³/mol. The second-order valence-corrected chi connectivity index (χ2v) is 7.36. The van der Waals surface area contributed by atoms with Crippen molar-refractivity contribution in [3.05, 3.63) is 0 Å². The molecule has 0 aromatic carbocycles. The van der Waals surface area contributed by atoms with Gasteiger partial charge in [-0.15, -0.1) is 0 Å². The van der Waals surface area contributed by atoms with Gasteiger partial charge in [-0.25, -0.2) is 4.79 Å². The molecular weight excluding hydrogens is 304 g/mol. The average Bonchev–Trinajstić information content (AvgIpc) is 2.98. The molecule has 3 saturated heterocycles. The van der Waals surface area contributed by atoms with Gasteiger partial charge in [0.1, 0.15) is 6.10 Å². The van der Waals surface area contributed by atoms with Crippen molar-refractivity contribution in [2.75, 3.05) is 0 Å². The minimum Gasteiger partial charge on any atom is -0.454 e. The summed E-state index contributed by atoms with van der Waals surface area (Å²) in [6.07, 6.45) is -2.74. The summed E-state index contributed by atoms with van der Waals surface area (Å²) in [7, 11) is 0. The molecule has 6 unspecified atom stereocenters. The Kier molecular flexibility index (Phi) is 4.14. The van der Waals surface area contributed by atoms with E-state index in [0.717, 1.165) is 0 Å². The summed E-state index contributed by atoms with van der Waals surface area (Å²) in [6.45, 7) is 9.39. The fraction of sp³-hybridized carbons (Fsp3) is 0.875. The van der Waals surface area contributed by atoms with Crippen LogP contribution in [0.5, 0.6) is 0 Å². The van der Waals surface area contributed by atoms with Gasteiger partial charge < -0.3 is 23.7 Å². The Hall–Kier alpha value is -1.18. The molecule has 3 aliphatic rings. The van der Waals surface area contributed by atoms with E-state index >= 15 is 0 Å². The zero-order valence-electron chi connectivity index (χ0n) is 14.1. The van der Waals surface area contributed by atoms with Crippen LogP contribution in [0.25, 0.3) is 0 Å². The first-order valence-corrected chi connectivity index (χ1v) is 8.10. The number of fused-ring (bicyclic) bond motifs is 3. The largest absolute Gasteiger partial charge is 0.454 e. The van der Waals surface area contributed by atoms with E-state index in [-0.39, 0.29) is 5.92 Å². The first kappa shape index (κ1) is 16.7. The fourth-order valence-corrected chi connectivity index (χ4v) is 3.38. The van der Waals surface area contributed by atoms with Crippen LogP contribution in [0.15, 0.2) is 0 Å². The number of esters is 2. The van der Waals surface area contributed by atoms with E-state index in [0.29, 0.717) is 12.3 Å². The summed E-state index contributed by atoms with van der Waals surface area (Å²) >= 11 is 0. The van der Waals surface area contributed by atoms with Crippen molar-refractivity contribution >= 4 is 11.9 Å². The highest BCUT2D eigenvalue weighted by molar-refractivity contribution is 5.83. The van der Waals surface area contributed by atoms with Gasteiger partial charge in [-0.3, -0.25) is 4.79 Å². The highest BCUT2D eigenvalue weighted by Crippen LogP contribution is 2.43. The van der Waals surface area contributed by atoms with E-state index < -0.39 is 48.4 Å². The van der Waals surface area contributed by atoms with Crippen LogP contribution in [0, 0.1) is 11.8 Å². The normalized spacial score (nSPS) is 39.0. The lowest BCUT2D eigenvalue weighted by atomic mass is 9.99. The van der Waals surface area contributed by atoms with Crippen molar-refractivity contribution in [2.24, 2.45) is 11.8 Å². The van der Waals surface area contributed by atoms with Crippen molar-refractivity contribution in [2.45, 2.75) is 77.5 Å². The first-order chi connectivity index (χ1) is 10.7. The van der Waals surface area contributed by atoms with Gasteiger partial charge >= 0.3 is 11.9 Å². The zero-order valence-corrected chi connectivity index (χ0v) is 14.1. The van der Waals surface area contributed by atoms with Gasteiger partial charge in [0.05, 0.1) is 5.92 Å². The SMILES string of the molecule is CC(C)CC(C)C(=O)OC1C(=O)OC2C3OC(C)(C)OC3OC12. The van der Waals surface area contributed by atoms with Crippen LogP contribution >= 0.6 is 0 Å². The highest BCUT2D eigenvalue weighted by atomic mass is 16.8. The lowest BCUT2D eigenvalue weighted by Gasteiger charge is -2.22. The summed E-state index contributed by atoms with van der Waals surface area (Å²) in [5.74, 6) is -1.70. The maximum atomic E-state index is 12.2. The Morgan fingerprint density at radius 1 is 1.17 bits per heavy atom. The molecule has 0 aliphatic carbocycles. The molecule has 3 rings (SSSR count). The van der Waals surface area contributed by atoms with Gasteiger partial charge in [0.15, 0.2) is 24.3 Å². The molecule has 0 bridgehead atoms. The third-order valence-electron chi connectivity index (χ3n) is 4.28. The Balaban J connectivity index is 1.64. The summed E-state index contributed by atoms with van der Waals surface area (Å²) in [6, 6.07) is 0. The number of rotatable bonds is 4. The van der Waals surface area contributed by atoms with E-state index in [4.69, 9.17) is 23.7 Å². The van der Waals surface area contributed by atoms with E-state index in [9.17, 15) is 9.59 Å². The first-order valence-electron chi connectivity index (χ1n) is 8.10. The maximum absolute atomic E-state index is 12.2. The Morgan fingerprint density at radius 2 is 1.87 bits per heavy atom. The van der Waals surface area contributed by atoms with Gasteiger partial charge in [0, 0.05) is 0 Å². The molecule has 0 spiro atoms. The van der Waals surface area contributed by atoms with Gasteiger partial charge in [0.2, 0.25) is 6.10 Å². The zero-order chi connectivity index (χ0) is 16.9. The second-order valence-electron chi connectivity index (χ2n) is 7.36. The molecule has 23 heavy (non-hydrogen) atoms. The summed E-state index contributed by atoms with van der Waals surface area (Å²) in [4.78, 5) is 24.2. The molecule has 6 atom stereocenters. The quantitative estimate of drug-likeness (QED) is 0.721. The van der Waals surface area contributed by atoms with Gasteiger partial charge in [-0.1, -0.05) is 20.8 Å². The molecule has 3 fully saturated rings. The lowest BCUT2D eigenvalue weighted by Crippen LogP contribution is -2.38. The van der Waals surface area contributed by atoms with E-state index in [2.05, 4.69) is 0 Å². The third-order valence-corrected chi connectivity index (χ3v) is 4.28. The van der Waals surface area contributed by atoms with Crippen LogP contribution < -0.4 is 0 Å². The van der Waals surface area contributed by atoms with Gasteiger partial charge in [-0.2, -0.15) is 0 Å². The molecule has 0 aromatic heterocycles. The monoisotopic (exact) mass is 328 g/mol. The summed E-state index contributed by atoms with van der Waals surface area (Å²) in [5, 5.41) is 0. The molecule has 0 N–H and O–H groups in total. The topological polar surface area (TPSA) is 80.3 Å². The van der Waals surface area contributed by atoms with Crippen LogP contribution in [0.2, 0.25) is 0 Å². The third kappa shape index (κ3) is 3.09. The van der Waals surface area contributed by atoms with Crippen molar-refractivity contribution in [3.8, 4) is 0 Å². The molecule has 7 heteroatoms. The standard InChI is InChI=1S/C16H24O7/c1-7(2)6-8(3)13(17)20-11-9-10(19-14(11)18)12-15(21-9)23-16(4,5)22-12/h7-12,15H,6H2,1-5H3. The van der Waals surface area contributed by atoms with Crippen molar-refractivity contribution < 1.29 is 33.3 Å². The Labute approximate surface area is 135 Å². The molecule has 3 heterocycles. The van der Waals surface area contributed by atoms with Crippen LogP contribution in [-0.2, 0) is 33.3 Å². The van der Waals surface area contributed by atoms with Gasteiger partial charge in [-0.05, 0) is 26.2 Å². The Morgan fingerprint density at radius 3 is 2.52 bits per heavy atom. The van der Waals surface area contributed by atoms with E-state index in [1.165, 1.54) is 0 Å². The Bertz CT molecular complexity index is 501. The average molecular weight is 328 g/mol. The van der Waals surface area contributed by atoms with Crippen LogP contribution in [0.3, 0.4) is 0 Å². The molecule has 3 aliphatic heterocycles. The molecule has 0 aromatic rings. The number of carbonyl (C=O) groups excluding carboxylic acids is 2. The molecule has 0 saturated carbocycles. The minimum absolute atomic E-state index is 0.283. The van der Waals surface area contributed by atoms with Crippen LogP contribution in [0.4, 0.5) is 0 Å². The number of hydrogen-bond acceptors (Lipinski definition) is 7. The minimum atomic E-state index is -1.05. The van der Waals surface area contributed by atoms with Crippen molar-refractivity contribution in [1.82, 2.24) is 0 Å². The van der Waals surface area contributed by atoms with Crippen molar-refractivity contribution in [1.29, 1.82) is 0 Å². The number of hydrogen-bond donors (Lipinski definition) is 0. The van der Waals surface area contributed by atoms with E-state index in [1.807, 2.05) is 13.8 Å². The summed E-state index contributed by atoms with van der Waals surface area (Å²) < 4.78 is 27.8. The van der Waals surface area contributed by atoms with E-state index in [1.54, 1.807) is 20.8 Å². The van der Waals surface area contributed by atoms with Crippen molar-refractivity contribution in [3.63, 3.8) is 0 Å². The predicted octanol–water partition coefficient (Wildman–Crippen LogP) is 1.38. The smallest absolute Gasteiger partial charge is 0.350 e. The maximum Gasteiger partial charge on any atom is 0.350 e. The highest BCUT2D eigenvalue weighted by Gasteiger charge is 2.64. The van der Waals surface area contributed by atoms with Crippen LogP contribution in [0.1, 0.15) is 41.0 Å². The molecular formula is C16H24O7. The molecule has 130 valence electrons. The molecule has 0 radical (unpaired) electrons. The lowest BCUT2D eigenvalue weighted by molar-refractivity contribution is -0.217. The fourth-order valence-electron chi connectivity index (χ4n) is 3.38. The second kappa shape index (κ2) is 5.72. The van der Waals surface area contributed by atoms with Crippen LogP contribution in [-0.4, -0.2) is 48.4 Å². The molecule has 7 nitrogen and oxygen atoms in total.